The molecule has 1 aromatic carbocycles. The minimum Gasteiger partial charge on any atom is -1.00 e. The summed E-state index contributed by atoms with van der Waals surface area (Å²) >= 11 is 0. The zero-order valence-electron chi connectivity index (χ0n) is 14.5. The highest BCUT2D eigenvalue weighted by Gasteiger charge is 2.45. The molecule has 3 aliphatic heterocycles. The van der Waals surface area contributed by atoms with E-state index in [1.807, 2.05) is 24.3 Å². The Morgan fingerprint density at radius 1 is 1.40 bits per heavy atom. The summed E-state index contributed by atoms with van der Waals surface area (Å²) < 4.78 is 5.35. The number of nitrogens with zero attached hydrogens (tertiary/aromatic N) is 1. The fraction of sp³-hybridized carbons (Fsp3) is 0.450. The molecule has 2 unspecified atom stereocenters. The van der Waals surface area contributed by atoms with Crippen LogP contribution >= 0.6 is 0 Å². The van der Waals surface area contributed by atoms with Crippen molar-refractivity contribution in [2.24, 2.45) is 11.8 Å². The van der Waals surface area contributed by atoms with Crippen LogP contribution in [-0.4, -0.2) is 36.3 Å². The van der Waals surface area contributed by atoms with Gasteiger partial charge < -0.3 is 38.7 Å². The second-order valence-electron chi connectivity index (χ2n) is 7.13. The first-order chi connectivity index (χ1) is 11.7. The van der Waals surface area contributed by atoms with Crippen LogP contribution < -0.4 is 33.6 Å². The zero-order valence-corrected chi connectivity index (χ0v) is 16.6. The van der Waals surface area contributed by atoms with Crippen LogP contribution in [0.25, 0.3) is 10.9 Å². The van der Waals surface area contributed by atoms with E-state index in [0.717, 1.165) is 41.7 Å². The monoisotopic (exact) mass is 452 g/mol. The fourth-order valence-corrected chi connectivity index (χ4v) is 4.65. The largest absolute Gasteiger partial charge is 1.00 e. The number of aliphatic hydroxyl groups is 1. The molecule has 3 saturated heterocycles. The molecule has 5 rings (SSSR count). The summed E-state index contributed by atoms with van der Waals surface area (Å²) in [5, 5.41) is 12.2. The third-order valence-corrected chi connectivity index (χ3v) is 6.01. The molecule has 2 bridgehead atoms. The second kappa shape index (κ2) is 7.60. The van der Waals surface area contributed by atoms with Crippen molar-refractivity contribution in [2.45, 2.75) is 25.0 Å². The number of hydrogen-bond acceptors (Lipinski definition) is 3. The lowest BCUT2D eigenvalue weighted by molar-refractivity contribution is -0.949. The van der Waals surface area contributed by atoms with Crippen LogP contribution in [0.3, 0.4) is 0 Å². The van der Waals surface area contributed by atoms with Gasteiger partial charge in [0.05, 0.1) is 25.7 Å². The summed E-state index contributed by atoms with van der Waals surface area (Å²) in [6.07, 6.45) is 5.76. The Kier molecular flexibility index (Phi) is 5.65. The molecule has 4 nitrogen and oxygen atoms in total. The van der Waals surface area contributed by atoms with Crippen molar-refractivity contribution < 1.29 is 38.7 Å². The minimum atomic E-state index is -0.467. The van der Waals surface area contributed by atoms with E-state index < -0.39 is 6.10 Å². The highest BCUT2D eigenvalue weighted by molar-refractivity contribution is 5.83. The summed E-state index contributed by atoms with van der Waals surface area (Å²) in [6, 6.07) is 8.08. The Labute approximate surface area is 165 Å². The Hall–Kier alpha value is -1.18. The number of aromatic nitrogens is 1. The number of quaternary nitrogens is 1. The number of benzene rings is 1. The van der Waals surface area contributed by atoms with E-state index >= 15 is 0 Å². The Morgan fingerprint density at radius 2 is 2.24 bits per heavy atom. The first-order valence-corrected chi connectivity index (χ1v) is 8.79. The van der Waals surface area contributed by atoms with Crippen molar-refractivity contribution >= 4 is 10.9 Å². The molecule has 4 heterocycles. The van der Waals surface area contributed by atoms with Crippen molar-refractivity contribution in [2.75, 3.05) is 20.2 Å². The number of halogens is 1. The summed E-state index contributed by atoms with van der Waals surface area (Å²) in [6.45, 7) is 6.25. The first-order valence-electron chi connectivity index (χ1n) is 8.79. The molecule has 2 aromatic rings. The Bertz CT molecular complexity index is 766. The lowest BCUT2D eigenvalue weighted by atomic mass is 9.73. The van der Waals surface area contributed by atoms with Crippen LogP contribution in [0.15, 0.2) is 43.1 Å². The number of aliphatic hydroxyl groups excluding tert-OH is 1. The number of fused-ring (bicyclic) bond motifs is 4. The van der Waals surface area contributed by atoms with Gasteiger partial charge in [0.2, 0.25) is 0 Å². The van der Waals surface area contributed by atoms with Gasteiger partial charge in [-0.15, -0.1) is 6.58 Å². The number of methoxy groups -OCH3 is 1. The van der Waals surface area contributed by atoms with Crippen LogP contribution in [0, 0.1) is 11.8 Å². The topological polar surface area (TPSA) is 46.8 Å². The Morgan fingerprint density at radius 3 is 2.92 bits per heavy atom. The van der Waals surface area contributed by atoms with Gasteiger partial charge in [-0.3, -0.25) is 4.98 Å². The predicted octanol–water partition coefficient (Wildman–Crippen LogP) is -1.24. The van der Waals surface area contributed by atoms with Crippen molar-refractivity contribution in [1.82, 2.24) is 4.98 Å². The maximum Gasteiger partial charge on any atom is 0.131 e. The molecule has 134 valence electrons. The molecular formula is C20H25IN2O2. The smallest absolute Gasteiger partial charge is 0.131 e. The van der Waals surface area contributed by atoms with Gasteiger partial charge in [-0.2, -0.15) is 0 Å². The molecule has 0 radical (unpaired) electrons. The van der Waals surface area contributed by atoms with Gasteiger partial charge in [0.1, 0.15) is 17.9 Å². The number of rotatable bonds is 4. The lowest BCUT2D eigenvalue weighted by Gasteiger charge is -2.47. The van der Waals surface area contributed by atoms with Crippen LogP contribution in [0.5, 0.6) is 5.75 Å². The molecule has 0 aliphatic carbocycles. The van der Waals surface area contributed by atoms with Crippen LogP contribution in [0.2, 0.25) is 0 Å². The normalized spacial score (nSPS) is 29.0. The van der Waals surface area contributed by atoms with Crippen LogP contribution in [0.1, 0.15) is 24.5 Å². The maximum absolute atomic E-state index is 11.2. The van der Waals surface area contributed by atoms with Crippen molar-refractivity contribution in [3.63, 3.8) is 0 Å². The van der Waals surface area contributed by atoms with Crippen LogP contribution in [-0.2, 0) is 0 Å². The van der Waals surface area contributed by atoms with Gasteiger partial charge in [-0.05, 0) is 35.7 Å². The van der Waals surface area contributed by atoms with E-state index in [2.05, 4.69) is 17.6 Å². The summed E-state index contributed by atoms with van der Waals surface area (Å²) in [4.78, 5) is 5.95. The van der Waals surface area contributed by atoms with E-state index in [0.29, 0.717) is 11.8 Å². The molecule has 1 aromatic heterocycles. The van der Waals surface area contributed by atoms with Gasteiger partial charge in [-0.1, -0.05) is 6.08 Å². The average Bonchev–Trinajstić information content (AvgIpc) is 2.66. The van der Waals surface area contributed by atoms with Gasteiger partial charge in [0, 0.05) is 30.3 Å². The van der Waals surface area contributed by atoms with Crippen molar-refractivity contribution in [3.8, 4) is 5.75 Å². The number of piperidine rings is 3. The molecule has 2 N–H and O–H groups in total. The zero-order chi connectivity index (χ0) is 16.7. The molecule has 0 saturated carbocycles. The average molecular weight is 452 g/mol. The quantitative estimate of drug-likeness (QED) is 0.451. The van der Waals surface area contributed by atoms with Gasteiger partial charge in [0.15, 0.2) is 0 Å². The van der Waals surface area contributed by atoms with Crippen molar-refractivity contribution in [3.05, 3.63) is 48.7 Å². The van der Waals surface area contributed by atoms with E-state index in [1.165, 1.54) is 11.3 Å². The van der Waals surface area contributed by atoms with Gasteiger partial charge in [-0.25, -0.2) is 0 Å². The van der Waals surface area contributed by atoms with Gasteiger partial charge >= 0.3 is 0 Å². The number of pyridine rings is 1. The SMILES string of the molecule is C=C[C@@H]1C[NH+]2CCC1C[C@H]2[C@H](O)c1ccnc2ccc(OC)cc12.[I-]. The number of nitrogens with one attached hydrogen (secondary N) is 1. The molecule has 25 heavy (non-hydrogen) atoms. The number of ether oxygens (including phenoxy) is 1. The standard InChI is InChI=1S/C20H24N2O2.HI/c1-3-13-12-22-9-7-14(13)10-19(22)20(23)16-6-8-21-18-5-4-15(24-2)11-17(16)18;/h3-6,8,11,13-14,19-20,23H,1,7,9-10,12H2,2H3;1H/t13-,14?,19+,20-;/m1./s1. The molecule has 3 fully saturated rings. The molecule has 3 aliphatic rings. The highest BCUT2D eigenvalue weighted by Crippen LogP contribution is 2.34. The predicted molar refractivity (Wildman–Crippen MR) is 94.2 cm³/mol. The third-order valence-electron chi connectivity index (χ3n) is 6.01. The number of hydrogen-bond donors (Lipinski definition) is 2. The second-order valence-corrected chi connectivity index (χ2v) is 7.13. The van der Waals surface area contributed by atoms with Crippen LogP contribution in [0.4, 0.5) is 0 Å². The first kappa shape index (κ1) is 18.6. The van der Waals surface area contributed by atoms with Crippen molar-refractivity contribution in [1.29, 1.82) is 0 Å². The minimum absolute atomic E-state index is 0. The Balaban J connectivity index is 0.00000182. The molecule has 5 atom stereocenters. The summed E-state index contributed by atoms with van der Waals surface area (Å²) in [7, 11) is 1.67. The third kappa shape index (κ3) is 3.29. The van der Waals surface area contributed by atoms with E-state index in [9.17, 15) is 5.11 Å². The molecule has 5 heteroatoms. The summed E-state index contributed by atoms with van der Waals surface area (Å²) in [5.41, 5.74) is 1.88. The fourth-order valence-electron chi connectivity index (χ4n) is 4.65. The van der Waals surface area contributed by atoms with E-state index in [-0.39, 0.29) is 30.0 Å². The van der Waals surface area contributed by atoms with E-state index in [4.69, 9.17) is 4.74 Å². The highest BCUT2D eigenvalue weighted by atomic mass is 127. The maximum atomic E-state index is 11.2. The molecule has 0 amide bonds. The molecule has 0 spiro atoms. The van der Waals surface area contributed by atoms with Gasteiger partial charge in [0.25, 0.3) is 0 Å². The van der Waals surface area contributed by atoms with E-state index in [1.54, 1.807) is 13.3 Å². The lowest BCUT2D eigenvalue weighted by Crippen LogP contribution is -3.20. The molecular weight excluding hydrogens is 427 g/mol. The summed E-state index contributed by atoms with van der Waals surface area (Å²) in [5.74, 6) is 2.07.